The molecular formula is C19H24FN3OS. The predicted octanol–water partition coefficient (Wildman–Crippen LogP) is 4.23. The number of thioether (sulfide) groups is 1. The summed E-state index contributed by atoms with van der Waals surface area (Å²) in [5.41, 5.74) is 2.45. The minimum absolute atomic E-state index is 0.1000. The van der Waals surface area contributed by atoms with Gasteiger partial charge in [-0.2, -0.15) is 0 Å². The zero-order chi connectivity index (χ0) is 18.6. The van der Waals surface area contributed by atoms with Crippen LogP contribution >= 0.6 is 11.8 Å². The average Bonchev–Trinajstić information content (AvgIpc) is 2.50. The van der Waals surface area contributed by atoms with E-state index >= 15 is 0 Å². The van der Waals surface area contributed by atoms with Gasteiger partial charge in [0.25, 0.3) is 0 Å². The number of hydrogen-bond acceptors (Lipinski definition) is 4. The van der Waals surface area contributed by atoms with E-state index in [0.29, 0.717) is 5.16 Å². The molecule has 134 valence electrons. The van der Waals surface area contributed by atoms with Crippen molar-refractivity contribution in [3.63, 3.8) is 0 Å². The summed E-state index contributed by atoms with van der Waals surface area (Å²) in [6.45, 7) is 9.94. The van der Waals surface area contributed by atoms with Crippen molar-refractivity contribution in [1.29, 1.82) is 0 Å². The van der Waals surface area contributed by atoms with E-state index in [2.05, 4.69) is 15.3 Å². The Hall–Kier alpha value is -1.95. The van der Waals surface area contributed by atoms with Crippen molar-refractivity contribution in [3.8, 4) is 0 Å². The van der Waals surface area contributed by atoms with Gasteiger partial charge in [0.05, 0.1) is 11.8 Å². The SMILES string of the molecule is Cc1cc(C)nc(SCC(=O)N[C@H](c2ccc(F)cc2)C(C)(C)C)n1. The van der Waals surface area contributed by atoms with Crippen molar-refractivity contribution in [2.24, 2.45) is 5.41 Å². The molecule has 4 nitrogen and oxygen atoms in total. The van der Waals surface area contributed by atoms with Crippen LogP contribution in [-0.4, -0.2) is 21.6 Å². The molecule has 0 saturated carbocycles. The second-order valence-corrected chi connectivity index (χ2v) is 8.08. The highest BCUT2D eigenvalue weighted by Gasteiger charge is 2.27. The van der Waals surface area contributed by atoms with E-state index in [1.54, 1.807) is 12.1 Å². The number of aryl methyl sites for hydroxylation is 2. The van der Waals surface area contributed by atoms with Crippen molar-refractivity contribution in [2.75, 3.05) is 5.75 Å². The van der Waals surface area contributed by atoms with Crippen LogP contribution in [0.5, 0.6) is 0 Å². The Morgan fingerprint density at radius 2 is 1.72 bits per heavy atom. The van der Waals surface area contributed by atoms with Gasteiger partial charge in [0.15, 0.2) is 5.16 Å². The highest BCUT2D eigenvalue weighted by molar-refractivity contribution is 7.99. The van der Waals surface area contributed by atoms with Crippen LogP contribution in [0.4, 0.5) is 4.39 Å². The zero-order valence-corrected chi connectivity index (χ0v) is 16.1. The molecular weight excluding hydrogens is 337 g/mol. The topological polar surface area (TPSA) is 54.9 Å². The van der Waals surface area contributed by atoms with Crippen LogP contribution in [0, 0.1) is 25.1 Å². The number of amides is 1. The van der Waals surface area contributed by atoms with E-state index in [-0.39, 0.29) is 28.9 Å². The molecule has 0 saturated heterocycles. The molecule has 1 aromatic heterocycles. The average molecular weight is 361 g/mol. The summed E-state index contributed by atoms with van der Waals surface area (Å²) < 4.78 is 13.2. The summed E-state index contributed by atoms with van der Waals surface area (Å²) in [7, 11) is 0. The fourth-order valence-electron chi connectivity index (χ4n) is 2.55. The maximum absolute atomic E-state index is 13.2. The van der Waals surface area contributed by atoms with Gasteiger partial charge in [0.1, 0.15) is 5.82 Å². The minimum Gasteiger partial charge on any atom is -0.348 e. The minimum atomic E-state index is -0.287. The molecule has 2 aromatic rings. The standard InChI is InChI=1S/C19H24FN3OS/c1-12-10-13(2)22-18(21-12)25-11-16(24)23-17(19(3,4)5)14-6-8-15(20)9-7-14/h6-10,17H,11H2,1-5H3,(H,23,24)/t17-/m1/s1. The first kappa shape index (κ1) is 19.4. The summed E-state index contributed by atoms with van der Waals surface area (Å²) in [5, 5.41) is 3.65. The highest BCUT2D eigenvalue weighted by Crippen LogP contribution is 2.33. The smallest absolute Gasteiger partial charge is 0.230 e. The Labute approximate surface area is 152 Å². The van der Waals surface area contributed by atoms with Gasteiger partial charge < -0.3 is 5.32 Å². The summed E-state index contributed by atoms with van der Waals surface area (Å²) in [6.07, 6.45) is 0. The van der Waals surface area contributed by atoms with Gasteiger partial charge in [-0.1, -0.05) is 44.7 Å². The number of aromatic nitrogens is 2. The second-order valence-electron chi connectivity index (χ2n) is 7.14. The summed E-state index contributed by atoms with van der Waals surface area (Å²) in [4.78, 5) is 21.1. The molecule has 2 rings (SSSR count). The van der Waals surface area contributed by atoms with E-state index in [9.17, 15) is 9.18 Å². The highest BCUT2D eigenvalue weighted by atomic mass is 32.2. The number of nitrogens with one attached hydrogen (secondary N) is 1. The van der Waals surface area contributed by atoms with Crippen LogP contribution in [-0.2, 0) is 4.79 Å². The van der Waals surface area contributed by atoms with Crippen molar-refractivity contribution >= 4 is 17.7 Å². The molecule has 1 atom stereocenters. The second kappa shape index (κ2) is 7.95. The third kappa shape index (κ3) is 5.81. The Morgan fingerprint density at radius 1 is 1.16 bits per heavy atom. The van der Waals surface area contributed by atoms with E-state index < -0.39 is 0 Å². The van der Waals surface area contributed by atoms with E-state index in [1.165, 1.54) is 23.9 Å². The Kier molecular flexibility index (Phi) is 6.16. The summed E-state index contributed by atoms with van der Waals surface area (Å²) in [6, 6.07) is 7.95. The Morgan fingerprint density at radius 3 is 2.24 bits per heavy atom. The maximum Gasteiger partial charge on any atom is 0.230 e. The van der Waals surface area contributed by atoms with Crippen molar-refractivity contribution in [1.82, 2.24) is 15.3 Å². The van der Waals surface area contributed by atoms with Gasteiger partial charge >= 0.3 is 0 Å². The number of nitrogens with zero attached hydrogens (tertiary/aromatic N) is 2. The molecule has 1 N–H and O–H groups in total. The van der Waals surface area contributed by atoms with Gasteiger partial charge in [0, 0.05) is 11.4 Å². The molecule has 1 aromatic carbocycles. The van der Waals surface area contributed by atoms with Crippen LogP contribution in [0.2, 0.25) is 0 Å². The van der Waals surface area contributed by atoms with Crippen LogP contribution in [0.25, 0.3) is 0 Å². The molecule has 1 amide bonds. The summed E-state index contributed by atoms with van der Waals surface area (Å²) in [5.74, 6) is -0.154. The monoisotopic (exact) mass is 361 g/mol. The summed E-state index contributed by atoms with van der Waals surface area (Å²) >= 11 is 1.31. The predicted molar refractivity (Wildman–Crippen MR) is 99.0 cm³/mol. The fourth-order valence-corrected chi connectivity index (χ4v) is 3.31. The lowest BCUT2D eigenvalue weighted by Crippen LogP contribution is -2.37. The normalized spacial score (nSPS) is 12.7. The van der Waals surface area contributed by atoms with Crippen molar-refractivity contribution < 1.29 is 9.18 Å². The first-order valence-corrected chi connectivity index (χ1v) is 9.13. The molecule has 0 spiro atoms. The van der Waals surface area contributed by atoms with Gasteiger partial charge in [-0.05, 0) is 43.0 Å². The molecule has 1 heterocycles. The largest absolute Gasteiger partial charge is 0.348 e. The van der Waals surface area contributed by atoms with Crippen molar-refractivity contribution in [3.05, 3.63) is 53.1 Å². The number of hydrogen-bond donors (Lipinski definition) is 1. The lowest BCUT2D eigenvalue weighted by molar-refractivity contribution is -0.120. The van der Waals surface area contributed by atoms with Crippen LogP contribution in [0.3, 0.4) is 0 Å². The molecule has 0 radical (unpaired) electrons. The van der Waals surface area contributed by atoms with Crippen molar-refractivity contribution in [2.45, 2.75) is 45.8 Å². The number of carbonyl (C=O) groups excluding carboxylic acids is 1. The molecule has 0 unspecified atom stereocenters. The molecule has 0 aliphatic heterocycles. The Bertz CT molecular complexity index is 721. The molecule has 0 aliphatic rings. The van der Waals surface area contributed by atoms with Crippen LogP contribution < -0.4 is 5.32 Å². The van der Waals surface area contributed by atoms with E-state index in [0.717, 1.165) is 17.0 Å². The van der Waals surface area contributed by atoms with Gasteiger partial charge in [0.2, 0.25) is 5.91 Å². The lowest BCUT2D eigenvalue weighted by atomic mass is 9.82. The van der Waals surface area contributed by atoms with E-state index in [1.807, 2.05) is 40.7 Å². The fraction of sp³-hybridized carbons (Fsp3) is 0.421. The number of rotatable bonds is 5. The molecule has 6 heteroatoms. The quantitative estimate of drug-likeness (QED) is 0.640. The third-order valence-electron chi connectivity index (χ3n) is 3.67. The Balaban J connectivity index is 2.05. The third-order valence-corrected chi connectivity index (χ3v) is 4.52. The first-order chi connectivity index (χ1) is 11.6. The first-order valence-electron chi connectivity index (χ1n) is 8.15. The van der Waals surface area contributed by atoms with Crippen LogP contribution in [0.15, 0.2) is 35.5 Å². The number of halogens is 1. The van der Waals surface area contributed by atoms with Gasteiger partial charge in [-0.3, -0.25) is 4.79 Å². The molecule has 0 aliphatic carbocycles. The number of benzene rings is 1. The molecule has 0 bridgehead atoms. The lowest BCUT2D eigenvalue weighted by Gasteiger charge is -2.32. The van der Waals surface area contributed by atoms with Crippen LogP contribution in [0.1, 0.15) is 43.8 Å². The zero-order valence-electron chi connectivity index (χ0n) is 15.3. The molecule has 25 heavy (non-hydrogen) atoms. The van der Waals surface area contributed by atoms with Gasteiger partial charge in [-0.15, -0.1) is 0 Å². The maximum atomic E-state index is 13.2. The van der Waals surface area contributed by atoms with E-state index in [4.69, 9.17) is 0 Å². The van der Waals surface area contributed by atoms with Gasteiger partial charge in [-0.25, -0.2) is 14.4 Å². The molecule has 0 fully saturated rings. The number of carbonyl (C=O) groups is 1.